The summed E-state index contributed by atoms with van der Waals surface area (Å²) in [5.74, 6) is -1.62. The summed E-state index contributed by atoms with van der Waals surface area (Å²) in [5, 5.41) is 11.0. The van der Waals surface area contributed by atoms with E-state index < -0.39 is 29.2 Å². The maximum Gasteiger partial charge on any atom is 0.416 e. The number of benzene rings is 2. The second kappa shape index (κ2) is 5.42. The minimum absolute atomic E-state index is 0.0476. The van der Waals surface area contributed by atoms with Crippen molar-refractivity contribution >= 4 is 17.4 Å². The van der Waals surface area contributed by atoms with E-state index in [0.717, 1.165) is 29.5 Å². The number of alkyl halides is 3. The van der Waals surface area contributed by atoms with E-state index in [-0.39, 0.29) is 16.8 Å². The van der Waals surface area contributed by atoms with Gasteiger partial charge in [0, 0.05) is 18.1 Å². The van der Waals surface area contributed by atoms with E-state index in [4.69, 9.17) is 0 Å². The Balaban J connectivity index is 2.23. The highest BCUT2D eigenvalue weighted by molar-refractivity contribution is 6.19. The summed E-state index contributed by atoms with van der Waals surface area (Å²) in [4.78, 5) is 25.7. The number of carbonyl (C=O) groups excluding carboxylic acids is 2. The first-order chi connectivity index (χ1) is 11.6. The van der Waals surface area contributed by atoms with Gasteiger partial charge in [-0.05, 0) is 25.1 Å². The maximum atomic E-state index is 12.9. The van der Waals surface area contributed by atoms with E-state index in [0.29, 0.717) is 6.07 Å². The Bertz CT molecular complexity index is 874. The number of carbonyl (C=O) groups is 2. The van der Waals surface area contributed by atoms with Crippen molar-refractivity contribution in [2.45, 2.75) is 25.7 Å². The van der Waals surface area contributed by atoms with E-state index in [9.17, 15) is 27.9 Å². The number of hydrogen-bond donors (Lipinski definition) is 1. The number of halogens is 3. The van der Waals surface area contributed by atoms with Crippen LogP contribution in [0.25, 0.3) is 0 Å². The summed E-state index contributed by atoms with van der Waals surface area (Å²) >= 11 is 0. The predicted molar refractivity (Wildman–Crippen MR) is 84.0 cm³/mol. The van der Waals surface area contributed by atoms with Crippen molar-refractivity contribution in [2.24, 2.45) is 0 Å². The molecule has 3 rings (SSSR count). The molecule has 0 aromatic heterocycles. The van der Waals surface area contributed by atoms with Crippen LogP contribution in [0.1, 0.15) is 34.0 Å². The zero-order valence-corrected chi connectivity index (χ0v) is 13.4. The largest absolute Gasteiger partial charge is 0.416 e. The van der Waals surface area contributed by atoms with Gasteiger partial charge in [0.1, 0.15) is 0 Å². The molecule has 2 aromatic rings. The van der Waals surface area contributed by atoms with Gasteiger partial charge in [-0.15, -0.1) is 0 Å². The minimum Gasteiger partial charge on any atom is -0.360 e. The van der Waals surface area contributed by atoms with Crippen LogP contribution in [-0.2, 0) is 16.7 Å². The lowest BCUT2D eigenvalue weighted by Crippen LogP contribution is -2.50. The first-order valence-corrected chi connectivity index (χ1v) is 7.43. The van der Waals surface area contributed by atoms with Crippen LogP contribution in [0.2, 0.25) is 0 Å². The van der Waals surface area contributed by atoms with Crippen LogP contribution in [0.4, 0.5) is 18.9 Å². The summed E-state index contributed by atoms with van der Waals surface area (Å²) in [6.45, 7) is 2.94. The molecule has 1 amide bonds. The molecule has 0 spiro atoms. The zero-order valence-electron chi connectivity index (χ0n) is 13.4. The molecular weight excluding hydrogens is 335 g/mol. The highest BCUT2D eigenvalue weighted by Crippen LogP contribution is 2.45. The first kappa shape index (κ1) is 17.2. The maximum absolute atomic E-state index is 12.9. The molecule has 0 radical (unpaired) electrons. The lowest BCUT2D eigenvalue weighted by molar-refractivity contribution is -0.137. The second-order valence-electron chi connectivity index (χ2n) is 5.95. The fraction of sp³-hybridized carbons (Fsp3) is 0.222. The number of fused-ring (bicyclic) bond motifs is 1. The molecule has 1 aliphatic rings. The topological polar surface area (TPSA) is 57.6 Å². The average molecular weight is 349 g/mol. The fourth-order valence-electron chi connectivity index (χ4n) is 3.00. The Hall–Kier alpha value is -2.67. The number of nitrogens with zero attached hydrogens (tertiary/aromatic N) is 1. The van der Waals surface area contributed by atoms with Crippen LogP contribution in [0.15, 0.2) is 42.5 Å². The van der Waals surface area contributed by atoms with Crippen LogP contribution in [0.5, 0.6) is 0 Å². The molecule has 1 heterocycles. The van der Waals surface area contributed by atoms with Crippen LogP contribution in [-0.4, -0.2) is 16.8 Å². The fourth-order valence-corrected chi connectivity index (χ4v) is 3.00. The van der Waals surface area contributed by atoms with Gasteiger partial charge in [-0.3, -0.25) is 14.5 Å². The van der Waals surface area contributed by atoms with Crippen molar-refractivity contribution in [3.63, 3.8) is 0 Å². The van der Waals surface area contributed by atoms with Gasteiger partial charge in [0.05, 0.1) is 11.3 Å². The van der Waals surface area contributed by atoms with Crippen LogP contribution < -0.4 is 4.90 Å². The summed E-state index contributed by atoms with van der Waals surface area (Å²) in [6, 6.07) is 8.71. The molecule has 25 heavy (non-hydrogen) atoms. The van der Waals surface area contributed by atoms with Gasteiger partial charge in [0.2, 0.25) is 17.4 Å². The Labute approximate surface area is 141 Å². The lowest BCUT2D eigenvalue weighted by atomic mass is 9.95. The van der Waals surface area contributed by atoms with Crippen LogP contribution >= 0.6 is 0 Å². The van der Waals surface area contributed by atoms with E-state index >= 15 is 0 Å². The van der Waals surface area contributed by atoms with Crippen molar-refractivity contribution in [3.8, 4) is 0 Å². The monoisotopic (exact) mass is 349 g/mol. The Morgan fingerprint density at radius 2 is 1.72 bits per heavy atom. The van der Waals surface area contributed by atoms with Crippen molar-refractivity contribution in [1.82, 2.24) is 0 Å². The van der Waals surface area contributed by atoms with Gasteiger partial charge < -0.3 is 5.11 Å². The highest BCUT2D eigenvalue weighted by atomic mass is 19.4. The molecule has 4 nitrogen and oxygen atoms in total. The molecule has 1 aliphatic heterocycles. The molecule has 1 unspecified atom stereocenters. The lowest BCUT2D eigenvalue weighted by Gasteiger charge is -2.32. The third-order valence-corrected chi connectivity index (χ3v) is 4.22. The van der Waals surface area contributed by atoms with E-state index in [1.54, 1.807) is 19.1 Å². The van der Waals surface area contributed by atoms with E-state index in [1.165, 1.54) is 12.1 Å². The highest BCUT2D eigenvalue weighted by Gasteiger charge is 2.54. The van der Waals surface area contributed by atoms with Gasteiger partial charge in [-0.1, -0.05) is 29.8 Å². The standard InChI is InChI=1S/C18H14F3NO3/c1-10-3-5-12(6-4-10)17(25)16(24)14-9-13(18(19,20)21)7-8-15(14)22(17)11(2)23/h3-9,25H,1-2H3. The zero-order chi connectivity index (χ0) is 18.6. The van der Waals surface area contributed by atoms with E-state index in [1.807, 2.05) is 0 Å². The summed E-state index contributed by atoms with van der Waals surface area (Å²) in [6.07, 6.45) is -4.64. The number of ketones is 1. The number of aliphatic hydroxyl groups is 1. The Morgan fingerprint density at radius 1 is 1.12 bits per heavy atom. The Morgan fingerprint density at radius 3 is 2.24 bits per heavy atom. The number of hydrogen-bond acceptors (Lipinski definition) is 3. The molecule has 130 valence electrons. The normalized spacial score (nSPS) is 19.9. The third-order valence-electron chi connectivity index (χ3n) is 4.22. The summed E-state index contributed by atoms with van der Waals surface area (Å²) in [5.41, 5.74) is -2.79. The third kappa shape index (κ3) is 2.51. The van der Waals surface area contributed by atoms with Gasteiger partial charge in [0.25, 0.3) is 0 Å². The van der Waals surface area contributed by atoms with Crippen molar-refractivity contribution in [2.75, 3.05) is 4.90 Å². The van der Waals surface area contributed by atoms with Gasteiger partial charge in [-0.2, -0.15) is 13.2 Å². The van der Waals surface area contributed by atoms with Gasteiger partial charge in [-0.25, -0.2) is 0 Å². The minimum atomic E-state index is -4.64. The average Bonchev–Trinajstić information content (AvgIpc) is 2.76. The number of rotatable bonds is 1. The smallest absolute Gasteiger partial charge is 0.360 e. The summed E-state index contributed by atoms with van der Waals surface area (Å²) in [7, 11) is 0. The second-order valence-corrected chi connectivity index (χ2v) is 5.95. The first-order valence-electron chi connectivity index (χ1n) is 7.43. The van der Waals surface area contributed by atoms with Crippen molar-refractivity contribution in [3.05, 3.63) is 64.7 Å². The van der Waals surface area contributed by atoms with Crippen molar-refractivity contribution in [1.29, 1.82) is 0 Å². The SMILES string of the molecule is CC(=O)N1c2ccc(C(F)(F)F)cc2C(=O)C1(O)c1ccc(C)cc1. The molecule has 0 aliphatic carbocycles. The predicted octanol–water partition coefficient (Wildman–Crippen LogP) is 3.41. The molecule has 7 heteroatoms. The summed E-state index contributed by atoms with van der Waals surface area (Å²) < 4.78 is 38.8. The quantitative estimate of drug-likeness (QED) is 0.858. The van der Waals surface area contributed by atoms with E-state index in [2.05, 4.69) is 0 Å². The number of Topliss-reactive ketones (excluding diaryl/α,β-unsaturated/α-hetero) is 1. The van der Waals surface area contributed by atoms with Crippen molar-refractivity contribution < 1.29 is 27.9 Å². The van der Waals surface area contributed by atoms with Crippen LogP contribution in [0, 0.1) is 6.92 Å². The molecule has 0 saturated heterocycles. The molecule has 0 fully saturated rings. The molecule has 2 aromatic carbocycles. The molecule has 1 atom stereocenters. The number of amides is 1. The van der Waals surface area contributed by atoms with Gasteiger partial charge in [0.15, 0.2) is 0 Å². The number of aryl methyl sites for hydroxylation is 1. The van der Waals surface area contributed by atoms with Gasteiger partial charge >= 0.3 is 6.18 Å². The number of anilines is 1. The molecule has 0 bridgehead atoms. The molecule has 0 saturated carbocycles. The Kier molecular flexibility index (Phi) is 3.72. The molecular formula is C18H14F3NO3. The van der Waals surface area contributed by atoms with Crippen LogP contribution in [0.3, 0.4) is 0 Å². The molecule has 1 N–H and O–H groups in total.